The highest BCUT2D eigenvalue weighted by atomic mass is 79.9. The molecule has 84 valence electrons. The molecule has 0 aliphatic rings. The Labute approximate surface area is 102 Å². The molecular formula is C11H11BrN2O2. The quantitative estimate of drug-likeness (QED) is 0.391. The van der Waals surface area contributed by atoms with E-state index < -0.39 is 4.92 Å². The van der Waals surface area contributed by atoms with Gasteiger partial charge in [-0.15, -0.1) is 12.3 Å². The lowest BCUT2D eigenvalue weighted by Crippen LogP contribution is -2.14. The molecule has 0 saturated carbocycles. The summed E-state index contributed by atoms with van der Waals surface area (Å²) in [6.07, 6.45) is 5.79. The fourth-order valence-electron chi connectivity index (χ4n) is 1.18. The lowest BCUT2D eigenvalue weighted by molar-refractivity contribution is -0.384. The van der Waals surface area contributed by atoms with Crippen molar-refractivity contribution >= 4 is 21.6 Å². The molecule has 1 aromatic carbocycles. The number of non-ortho nitro benzene ring substituents is 1. The summed E-state index contributed by atoms with van der Waals surface area (Å²) < 4.78 is 0.731. The average Bonchev–Trinajstić information content (AvgIpc) is 2.26. The number of nitro groups is 1. The first-order chi connectivity index (χ1) is 7.65. The van der Waals surface area contributed by atoms with Crippen molar-refractivity contribution in [2.45, 2.75) is 13.0 Å². The zero-order valence-electron chi connectivity index (χ0n) is 8.57. The van der Waals surface area contributed by atoms with Gasteiger partial charge in [-0.1, -0.05) is 15.9 Å². The summed E-state index contributed by atoms with van der Waals surface area (Å²) in [6, 6.07) is 4.71. The zero-order chi connectivity index (χ0) is 12.0. The summed E-state index contributed by atoms with van der Waals surface area (Å²) >= 11 is 3.30. The third-order valence-electron chi connectivity index (χ3n) is 2.01. The molecule has 0 saturated heterocycles. The summed E-state index contributed by atoms with van der Waals surface area (Å²) in [5.74, 6) is 2.53. The van der Waals surface area contributed by atoms with Gasteiger partial charge in [-0.05, 0) is 11.6 Å². The number of nitrogens with one attached hydrogen (secondary N) is 1. The van der Waals surface area contributed by atoms with Crippen molar-refractivity contribution in [2.24, 2.45) is 0 Å². The third kappa shape index (κ3) is 3.65. The molecule has 0 aromatic heterocycles. The Kier molecular flexibility index (Phi) is 4.96. The maximum atomic E-state index is 10.5. The minimum atomic E-state index is -0.416. The highest BCUT2D eigenvalue weighted by Gasteiger charge is 2.08. The van der Waals surface area contributed by atoms with E-state index in [2.05, 4.69) is 27.2 Å². The van der Waals surface area contributed by atoms with Gasteiger partial charge in [0.2, 0.25) is 0 Å². The van der Waals surface area contributed by atoms with Gasteiger partial charge in [0.05, 0.1) is 4.92 Å². The molecule has 0 amide bonds. The minimum Gasteiger partial charge on any atom is -0.312 e. The van der Waals surface area contributed by atoms with Crippen molar-refractivity contribution < 1.29 is 4.92 Å². The second-order valence-corrected chi connectivity index (χ2v) is 4.02. The lowest BCUT2D eigenvalue weighted by Gasteiger charge is -2.05. The van der Waals surface area contributed by atoms with E-state index in [0.717, 1.165) is 16.6 Å². The van der Waals surface area contributed by atoms with Gasteiger partial charge in [0.25, 0.3) is 5.69 Å². The number of nitro benzene ring substituents is 1. The second-order valence-electron chi connectivity index (χ2n) is 3.16. The van der Waals surface area contributed by atoms with Crippen LogP contribution in [-0.2, 0) is 6.54 Å². The molecule has 1 N–H and O–H groups in total. The van der Waals surface area contributed by atoms with Gasteiger partial charge in [0, 0.05) is 36.1 Å². The molecule has 0 aliphatic carbocycles. The summed E-state index contributed by atoms with van der Waals surface area (Å²) in [4.78, 5) is 10.1. The van der Waals surface area contributed by atoms with E-state index >= 15 is 0 Å². The van der Waals surface area contributed by atoms with Crippen LogP contribution in [0, 0.1) is 22.5 Å². The maximum Gasteiger partial charge on any atom is 0.270 e. The SMILES string of the molecule is C#CCCNCc1ccc([N+](=O)[O-])cc1Br. The van der Waals surface area contributed by atoms with Crippen molar-refractivity contribution in [2.75, 3.05) is 6.54 Å². The number of rotatable bonds is 5. The molecule has 0 bridgehead atoms. The van der Waals surface area contributed by atoms with E-state index in [4.69, 9.17) is 6.42 Å². The molecule has 5 heteroatoms. The number of halogens is 1. The fourth-order valence-corrected chi connectivity index (χ4v) is 1.68. The number of nitrogens with zero attached hydrogens (tertiary/aromatic N) is 1. The molecular weight excluding hydrogens is 272 g/mol. The Balaban J connectivity index is 2.62. The van der Waals surface area contributed by atoms with Gasteiger partial charge in [0.15, 0.2) is 0 Å². The van der Waals surface area contributed by atoms with Crippen LogP contribution in [-0.4, -0.2) is 11.5 Å². The molecule has 0 radical (unpaired) electrons. The van der Waals surface area contributed by atoms with E-state index in [-0.39, 0.29) is 5.69 Å². The summed E-state index contributed by atoms with van der Waals surface area (Å²) in [5.41, 5.74) is 1.06. The molecule has 0 aliphatic heterocycles. The van der Waals surface area contributed by atoms with Crippen LogP contribution in [0.15, 0.2) is 22.7 Å². The molecule has 0 spiro atoms. The molecule has 16 heavy (non-hydrogen) atoms. The Morgan fingerprint density at radius 1 is 1.56 bits per heavy atom. The number of hydrogen-bond acceptors (Lipinski definition) is 3. The van der Waals surface area contributed by atoms with Crippen LogP contribution < -0.4 is 5.32 Å². The first-order valence-electron chi connectivity index (χ1n) is 4.72. The summed E-state index contributed by atoms with van der Waals surface area (Å²) in [6.45, 7) is 1.38. The fraction of sp³-hybridized carbons (Fsp3) is 0.273. The normalized spacial score (nSPS) is 9.75. The van der Waals surface area contributed by atoms with Gasteiger partial charge < -0.3 is 5.32 Å². The highest BCUT2D eigenvalue weighted by molar-refractivity contribution is 9.10. The molecule has 0 fully saturated rings. The summed E-state index contributed by atoms with van der Waals surface area (Å²) in [7, 11) is 0. The van der Waals surface area contributed by atoms with Crippen LogP contribution in [0.1, 0.15) is 12.0 Å². The molecule has 1 rings (SSSR count). The molecule has 4 nitrogen and oxygen atoms in total. The van der Waals surface area contributed by atoms with Crippen LogP contribution in [0.5, 0.6) is 0 Å². The van der Waals surface area contributed by atoms with Crippen molar-refractivity contribution in [1.82, 2.24) is 5.32 Å². The molecule has 0 atom stereocenters. The van der Waals surface area contributed by atoms with Crippen LogP contribution in [0.2, 0.25) is 0 Å². The zero-order valence-corrected chi connectivity index (χ0v) is 10.2. The standard InChI is InChI=1S/C11H11BrN2O2/c1-2-3-6-13-8-9-4-5-10(14(15)16)7-11(9)12/h1,4-5,7,13H,3,6,8H2. The lowest BCUT2D eigenvalue weighted by atomic mass is 10.2. The van der Waals surface area contributed by atoms with Gasteiger partial charge in [-0.2, -0.15) is 0 Å². The Morgan fingerprint density at radius 2 is 2.31 bits per heavy atom. The number of hydrogen-bond donors (Lipinski definition) is 1. The van der Waals surface area contributed by atoms with Crippen molar-refractivity contribution in [3.63, 3.8) is 0 Å². The van der Waals surface area contributed by atoms with Gasteiger partial charge >= 0.3 is 0 Å². The van der Waals surface area contributed by atoms with Crippen molar-refractivity contribution in [3.8, 4) is 12.3 Å². The molecule has 0 unspecified atom stereocenters. The van der Waals surface area contributed by atoms with Gasteiger partial charge in [0.1, 0.15) is 0 Å². The smallest absolute Gasteiger partial charge is 0.270 e. The highest BCUT2D eigenvalue weighted by Crippen LogP contribution is 2.22. The van der Waals surface area contributed by atoms with E-state index in [1.54, 1.807) is 6.07 Å². The Bertz CT molecular complexity index is 426. The average molecular weight is 283 g/mol. The second kappa shape index (κ2) is 6.26. The minimum absolute atomic E-state index is 0.0826. The van der Waals surface area contributed by atoms with Crippen molar-refractivity contribution in [3.05, 3.63) is 38.3 Å². The number of terminal acetylenes is 1. The maximum absolute atomic E-state index is 10.5. The monoisotopic (exact) mass is 282 g/mol. The number of benzene rings is 1. The van der Waals surface area contributed by atoms with E-state index in [1.165, 1.54) is 12.1 Å². The summed E-state index contributed by atoms with van der Waals surface area (Å²) in [5, 5.41) is 13.7. The molecule has 0 heterocycles. The van der Waals surface area contributed by atoms with Crippen LogP contribution in [0.25, 0.3) is 0 Å². The Hall–Kier alpha value is -1.38. The van der Waals surface area contributed by atoms with Crippen LogP contribution >= 0.6 is 15.9 Å². The first kappa shape index (κ1) is 12.7. The van der Waals surface area contributed by atoms with E-state index in [1.807, 2.05) is 0 Å². The van der Waals surface area contributed by atoms with Gasteiger partial charge in [-0.25, -0.2) is 0 Å². The predicted molar refractivity (Wildman–Crippen MR) is 66.0 cm³/mol. The van der Waals surface area contributed by atoms with E-state index in [9.17, 15) is 10.1 Å². The van der Waals surface area contributed by atoms with Crippen molar-refractivity contribution in [1.29, 1.82) is 0 Å². The predicted octanol–water partition coefficient (Wildman–Crippen LogP) is 2.47. The third-order valence-corrected chi connectivity index (χ3v) is 2.75. The first-order valence-corrected chi connectivity index (χ1v) is 5.51. The Morgan fingerprint density at radius 3 is 2.88 bits per heavy atom. The topological polar surface area (TPSA) is 55.2 Å². The molecule has 1 aromatic rings. The van der Waals surface area contributed by atoms with Gasteiger partial charge in [-0.3, -0.25) is 10.1 Å². The largest absolute Gasteiger partial charge is 0.312 e. The van der Waals surface area contributed by atoms with Crippen LogP contribution in [0.4, 0.5) is 5.69 Å². The van der Waals surface area contributed by atoms with Crippen LogP contribution in [0.3, 0.4) is 0 Å². The van der Waals surface area contributed by atoms with E-state index in [0.29, 0.717) is 13.0 Å².